The van der Waals surface area contributed by atoms with E-state index in [1.54, 1.807) is 0 Å². The van der Waals surface area contributed by atoms with Crippen LogP contribution in [0.5, 0.6) is 0 Å². The van der Waals surface area contributed by atoms with Gasteiger partial charge in [-0.15, -0.1) is 0 Å². The molecule has 2 bridgehead atoms. The molecule has 0 saturated heterocycles. The molecule has 0 radical (unpaired) electrons. The van der Waals surface area contributed by atoms with Gasteiger partial charge in [-0.05, 0) is 24.7 Å². The lowest BCUT2D eigenvalue weighted by Gasteiger charge is -2.34. The van der Waals surface area contributed by atoms with Crippen molar-refractivity contribution in [2.45, 2.75) is 39.7 Å². The van der Waals surface area contributed by atoms with E-state index < -0.39 is 0 Å². The minimum absolute atomic E-state index is 0.250. The Morgan fingerprint density at radius 2 is 1.93 bits per heavy atom. The molecule has 84 valence electrons. The molecule has 0 N–H and O–H groups in total. The smallest absolute Gasteiger partial charge is 0.227 e. The third kappa shape index (κ3) is 1.82. The van der Waals surface area contributed by atoms with Gasteiger partial charge in [-0.25, -0.2) is 0 Å². The van der Waals surface area contributed by atoms with Crippen molar-refractivity contribution in [3.63, 3.8) is 0 Å². The van der Waals surface area contributed by atoms with Crippen LogP contribution < -0.4 is 0 Å². The summed E-state index contributed by atoms with van der Waals surface area (Å²) < 4.78 is 0. The van der Waals surface area contributed by atoms with E-state index in [-0.39, 0.29) is 11.3 Å². The number of carbonyl (C=O) groups excluding carboxylic acids is 1. The fraction of sp³-hybridized carbons (Fsp3) is 0.769. The van der Waals surface area contributed by atoms with Crippen LogP contribution in [-0.2, 0) is 4.79 Å². The Hall–Kier alpha value is -0.790. The van der Waals surface area contributed by atoms with Gasteiger partial charge in [0, 0.05) is 18.5 Å². The molecule has 0 aromatic carbocycles. The van der Waals surface area contributed by atoms with E-state index in [9.17, 15) is 4.79 Å². The van der Waals surface area contributed by atoms with Crippen molar-refractivity contribution in [3.05, 3.63) is 12.2 Å². The minimum Gasteiger partial charge on any atom is -0.342 e. The molecule has 0 unspecified atom stereocenters. The van der Waals surface area contributed by atoms with E-state index in [2.05, 4.69) is 12.2 Å². The quantitative estimate of drug-likeness (QED) is 0.605. The maximum atomic E-state index is 12.1. The first-order valence-electron chi connectivity index (χ1n) is 5.85. The van der Waals surface area contributed by atoms with Gasteiger partial charge in [0.15, 0.2) is 0 Å². The van der Waals surface area contributed by atoms with Gasteiger partial charge in [-0.1, -0.05) is 32.9 Å². The number of rotatable bonds is 1. The van der Waals surface area contributed by atoms with E-state index >= 15 is 0 Å². The van der Waals surface area contributed by atoms with Crippen molar-refractivity contribution in [1.82, 2.24) is 4.90 Å². The highest BCUT2D eigenvalue weighted by Crippen LogP contribution is 2.42. The van der Waals surface area contributed by atoms with Gasteiger partial charge in [0.1, 0.15) is 0 Å². The van der Waals surface area contributed by atoms with Crippen LogP contribution in [0.1, 0.15) is 33.6 Å². The van der Waals surface area contributed by atoms with Crippen LogP contribution in [-0.4, -0.2) is 23.9 Å². The highest BCUT2D eigenvalue weighted by atomic mass is 16.2. The molecule has 0 aromatic rings. The first-order valence-corrected chi connectivity index (χ1v) is 5.85. The third-order valence-corrected chi connectivity index (χ3v) is 3.70. The molecule has 2 aliphatic rings. The largest absolute Gasteiger partial charge is 0.342 e. The van der Waals surface area contributed by atoms with Crippen molar-refractivity contribution < 1.29 is 4.79 Å². The van der Waals surface area contributed by atoms with Crippen LogP contribution in [0, 0.1) is 17.3 Å². The average Bonchev–Trinajstić information content (AvgIpc) is 2.74. The van der Waals surface area contributed by atoms with E-state index in [0.717, 1.165) is 5.92 Å². The van der Waals surface area contributed by atoms with E-state index in [4.69, 9.17) is 0 Å². The lowest BCUT2D eigenvalue weighted by molar-refractivity contribution is -0.140. The molecule has 2 nitrogen and oxygen atoms in total. The fourth-order valence-electron chi connectivity index (χ4n) is 2.88. The van der Waals surface area contributed by atoms with Crippen molar-refractivity contribution in [1.29, 1.82) is 0 Å². The fourth-order valence-corrected chi connectivity index (χ4v) is 2.88. The zero-order valence-electron chi connectivity index (χ0n) is 10.2. The molecule has 1 amide bonds. The zero-order chi connectivity index (χ0) is 11.2. The average molecular weight is 207 g/mol. The predicted octanol–water partition coefficient (Wildman–Crippen LogP) is 2.46. The Labute approximate surface area is 92.3 Å². The second-order valence-corrected chi connectivity index (χ2v) is 6.01. The first kappa shape index (κ1) is 10.7. The van der Waals surface area contributed by atoms with Gasteiger partial charge in [-0.3, -0.25) is 4.79 Å². The third-order valence-electron chi connectivity index (χ3n) is 3.70. The van der Waals surface area contributed by atoms with Crippen LogP contribution in [0.15, 0.2) is 12.2 Å². The SMILES string of the molecule is CN(C(=O)C(C)(C)C)[C@@H]1C[C@H]2C=C[C@H]1C2. The zero-order valence-corrected chi connectivity index (χ0v) is 10.2. The summed E-state index contributed by atoms with van der Waals surface area (Å²) in [4.78, 5) is 14.1. The summed E-state index contributed by atoms with van der Waals surface area (Å²) >= 11 is 0. The monoisotopic (exact) mass is 207 g/mol. The number of nitrogens with zero attached hydrogens (tertiary/aromatic N) is 1. The Kier molecular flexibility index (Phi) is 2.40. The topological polar surface area (TPSA) is 20.3 Å². The second kappa shape index (κ2) is 3.36. The Morgan fingerprint density at radius 1 is 1.27 bits per heavy atom. The number of carbonyl (C=O) groups is 1. The number of hydrogen-bond acceptors (Lipinski definition) is 1. The maximum Gasteiger partial charge on any atom is 0.227 e. The van der Waals surface area contributed by atoms with Crippen molar-refractivity contribution >= 4 is 5.91 Å². The number of hydrogen-bond donors (Lipinski definition) is 0. The Bertz CT molecular complexity index is 300. The van der Waals surface area contributed by atoms with E-state index in [1.165, 1.54) is 12.8 Å². The summed E-state index contributed by atoms with van der Waals surface area (Å²) in [6.45, 7) is 5.98. The highest BCUT2D eigenvalue weighted by molar-refractivity contribution is 5.81. The summed E-state index contributed by atoms with van der Waals surface area (Å²) in [5, 5.41) is 0. The Balaban J connectivity index is 2.06. The van der Waals surface area contributed by atoms with Gasteiger partial charge in [0.05, 0.1) is 0 Å². The van der Waals surface area contributed by atoms with Crippen molar-refractivity contribution in [2.24, 2.45) is 17.3 Å². The van der Waals surface area contributed by atoms with Crippen LogP contribution >= 0.6 is 0 Å². The standard InChI is InChI=1S/C13H21NO/c1-13(2,3)12(15)14(4)11-8-9-5-6-10(11)7-9/h5-6,9-11H,7-8H2,1-4H3/t9-,10-,11+/m0/s1. The van der Waals surface area contributed by atoms with Crippen LogP contribution in [0.4, 0.5) is 0 Å². The molecule has 15 heavy (non-hydrogen) atoms. The first-order chi connectivity index (χ1) is 6.89. The predicted molar refractivity (Wildman–Crippen MR) is 61.4 cm³/mol. The number of allylic oxidation sites excluding steroid dienone is 1. The van der Waals surface area contributed by atoms with Gasteiger partial charge >= 0.3 is 0 Å². The highest BCUT2D eigenvalue weighted by Gasteiger charge is 2.41. The van der Waals surface area contributed by atoms with Gasteiger partial charge in [0.25, 0.3) is 0 Å². The second-order valence-electron chi connectivity index (χ2n) is 6.01. The van der Waals surface area contributed by atoms with Crippen LogP contribution in [0.3, 0.4) is 0 Å². The van der Waals surface area contributed by atoms with Gasteiger partial charge < -0.3 is 4.90 Å². The molecule has 0 aliphatic heterocycles. The van der Waals surface area contributed by atoms with Gasteiger partial charge in [-0.2, -0.15) is 0 Å². The summed E-state index contributed by atoms with van der Waals surface area (Å²) in [5.41, 5.74) is -0.250. The van der Waals surface area contributed by atoms with Crippen LogP contribution in [0.2, 0.25) is 0 Å². The van der Waals surface area contributed by atoms with Gasteiger partial charge in [0.2, 0.25) is 5.91 Å². The molecule has 0 aromatic heterocycles. The summed E-state index contributed by atoms with van der Waals surface area (Å²) in [6, 6.07) is 0.451. The molecule has 1 fully saturated rings. The number of amides is 1. The molecule has 3 atom stereocenters. The molecule has 2 heteroatoms. The van der Waals surface area contributed by atoms with Crippen molar-refractivity contribution in [2.75, 3.05) is 7.05 Å². The normalized spacial score (nSPS) is 33.5. The molecule has 2 aliphatic carbocycles. The molecule has 0 spiro atoms. The lowest BCUT2D eigenvalue weighted by Crippen LogP contribution is -2.44. The summed E-state index contributed by atoms with van der Waals surface area (Å²) in [6.07, 6.45) is 7.04. The number of fused-ring (bicyclic) bond motifs is 2. The lowest BCUT2D eigenvalue weighted by atomic mass is 9.92. The maximum absolute atomic E-state index is 12.1. The van der Waals surface area contributed by atoms with E-state index in [0.29, 0.717) is 12.0 Å². The summed E-state index contributed by atoms with van der Waals surface area (Å²) in [5.74, 6) is 1.62. The van der Waals surface area contributed by atoms with Crippen molar-refractivity contribution in [3.8, 4) is 0 Å². The van der Waals surface area contributed by atoms with Crippen LogP contribution in [0.25, 0.3) is 0 Å². The molecular formula is C13H21NO. The summed E-state index contributed by atoms with van der Waals surface area (Å²) in [7, 11) is 1.97. The minimum atomic E-state index is -0.250. The molecule has 0 heterocycles. The van der Waals surface area contributed by atoms with E-state index in [1.807, 2.05) is 32.7 Å². The molecular weight excluding hydrogens is 186 g/mol. The molecule has 2 rings (SSSR count). The molecule has 1 saturated carbocycles. The Morgan fingerprint density at radius 3 is 2.33 bits per heavy atom.